The molecular weight excluding hydrogens is 290 g/mol. The third-order valence-corrected chi connectivity index (χ3v) is 4.34. The quantitative estimate of drug-likeness (QED) is 0.848. The van der Waals surface area contributed by atoms with Gasteiger partial charge in [0.05, 0.1) is 6.54 Å². The average molecular weight is 313 g/mol. The number of Topliss-reactive ketones (excluding diaryl/α,β-unsaturated/α-hetero) is 1. The van der Waals surface area contributed by atoms with Crippen molar-refractivity contribution in [2.24, 2.45) is 0 Å². The number of benzene rings is 1. The van der Waals surface area contributed by atoms with Gasteiger partial charge in [0.2, 0.25) is 0 Å². The first-order valence-electron chi connectivity index (χ1n) is 8.09. The molecule has 5 heteroatoms. The van der Waals surface area contributed by atoms with Crippen LogP contribution in [0.4, 0.5) is 0 Å². The zero-order chi connectivity index (χ0) is 16.4. The Morgan fingerprint density at radius 1 is 1.26 bits per heavy atom. The van der Waals surface area contributed by atoms with E-state index in [0.29, 0.717) is 18.5 Å². The molecule has 1 amide bonds. The molecule has 0 atom stereocenters. The first kappa shape index (κ1) is 15.7. The third-order valence-electron chi connectivity index (χ3n) is 4.34. The maximum absolute atomic E-state index is 12.5. The van der Waals surface area contributed by atoms with E-state index in [1.54, 1.807) is 4.90 Å². The highest BCUT2D eigenvalue weighted by Gasteiger charge is 2.24. The Labute approximate surface area is 136 Å². The maximum atomic E-state index is 12.5. The molecule has 1 fully saturated rings. The van der Waals surface area contributed by atoms with Gasteiger partial charge in [-0.25, -0.2) is 0 Å². The number of hydrogen-bond donors (Lipinski definition) is 0. The van der Waals surface area contributed by atoms with Crippen LogP contribution in [-0.2, 0) is 11.3 Å². The number of hydrogen-bond acceptors (Lipinski definition) is 3. The molecule has 1 saturated heterocycles. The van der Waals surface area contributed by atoms with Gasteiger partial charge in [0, 0.05) is 42.2 Å². The van der Waals surface area contributed by atoms with Crippen LogP contribution in [0.1, 0.15) is 23.2 Å². The predicted molar refractivity (Wildman–Crippen MR) is 90.6 cm³/mol. The van der Waals surface area contributed by atoms with Crippen molar-refractivity contribution in [1.29, 1.82) is 0 Å². The Balaban J connectivity index is 1.75. The molecule has 1 aliphatic rings. The van der Waals surface area contributed by atoms with Gasteiger partial charge in [-0.1, -0.05) is 0 Å². The van der Waals surface area contributed by atoms with Crippen LogP contribution >= 0.6 is 0 Å². The SMILES string of the molecule is CN(C)CCCn1ccc2cc(C(=O)N3CCC(=O)C3)ccc21. The fourth-order valence-corrected chi connectivity index (χ4v) is 3.07. The van der Waals surface area contributed by atoms with Crippen LogP contribution in [0.15, 0.2) is 30.5 Å². The van der Waals surface area contributed by atoms with Crippen molar-refractivity contribution in [3.05, 3.63) is 36.0 Å². The molecule has 2 heterocycles. The normalized spacial score (nSPS) is 15.1. The molecule has 122 valence electrons. The highest BCUT2D eigenvalue weighted by molar-refractivity contribution is 6.01. The van der Waals surface area contributed by atoms with E-state index < -0.39 is 0 Å². The van der Waals surface area contributed by atoms with Gasteiger partial charge in [0.1, 0.15) is 0 Å². The van der Waals surface area contributed by atoms with Crippen molar-refractivity contribution in [3.8, 4) is 0 Å². The lowest BCUT2D eigenvalue weighted by molar-refractivity contribution is -0.116. The number of aryl methyl sites for hydroxylation is 1. The Hall–Kier alpha value is -2.14. The lowest BCUT2D eigenvalue weighted by Gasteiger charge is -2.14. The van der Waals surface area contributed by atoms with E-state index in [1.807, 2.05) is 18.2 Å². The van der Waals surface area contributed by atoms with Crippen LogP contribution in [0.5, 0.6) is 0 Å². The highest BCUT2D eigenvalue weighted by Crippen LogP contribution is 2.20. The van der Waals surface area contributed by atoms with E-state index in [9.17, 15) is 9.59 Å². The van der Waals surface area contributed by atoms with Gasteiger partial charge in [0.15, 0.2) is 5.78 Å². The number of ketones is 1. The lowest BCUT2D eigenvalue weighted by Crippen LogP contribution is -2.28. The molecule has 1 aromatic carbocycles. The third kappa shape index (κ3) is 3.45. The summed E-state index contributed by atoms with van der Waals surface area (Å²) in [6.07, 6.45) is 3.65. The van der Waals surface area contributed by atoms with E-state index in [-0.39, 0.29) is 18.2 Å². The number of fused-ring (bicyclic) bond motifs is 1. The molecule has 5 nitrogen and oxygen atoms in total. The van der Waals surface area contributed by atoms with Gasteiger partial charge in [-0.05, 0) is 51.3 Å². The average Bonchev–Trinajstić information content (AvgIpc) is 3.12. The number of likely N-dealkylation sites (tertiary alicyclic amines) is 1. The number of aromatic nitrogens is 1. The van der Waals surface area contributed by atoms with Crippen LogP contribution in [0.2, 0.25) is 0 Å². The van der Waals surface area contributed by atoms with Gasteiger partial charge in [-0.2, -0.15) is 0 Å². The van der Waals surface area contributed by atoms with Crippen molar-refractivity contribution in [3.63, 3.8) is 0 Å². The van der Waals surface area contributed by atoms with Crippen molar-refractivity contribution in [1.82, 2.24) is 14.4 Å². The van der Waals surface area contributed by atoms with E-state index in [2.05, 4.69) is 35.8 Å². The Morgan fingerprint density at radius 2 is 2.09 bits per heavy atom. The van der Waals surface area contributed by atoms with Gasteiger partial charge >= 0.3 is 0 Å². The number of amides is 1. The fourth-order valence-electron chi connectivity index (χ4n) is 3.07. The van der Waals surface area contributed by atoms with E-state index >= 15 is 0 Å². The van der Waals surface area contributed by atoms with Crippen LogP contribution in [0, 0.1) is 0 Å². The van der Waals surface area contributed by atoms with Crippen molar-refractivity contribution >= 4 is 22.6 Å². The van der Waals surface area contributed by atoms with E-state index in [4.69, 9.17) is 0 Å². The zero-order valence-electron chi connectivity index (χ0n) is 13.8. The van der Waals surface area contributed by atoms with Crippen LogP contribution in [0.25, 0.3) is 10.9 Å². The smallest absolute Gasteiger partial charge is 0.254 e. The van der Waals surface area contributed by atoms with Crippen LogP contribution in [0.3, 0.4) is 0 Å². The standard InChI is InChI=1S/C18H23N3O2/c1-19(2)8-3-9-20-10-6-14-12-15(4-5-17(14)20)18(23)21-11-7-16(22)13-21/h4-6,10,12H,3,7-9,11,13H2,1-2H3. The zero-order valence-corrected chi connectivity index (χ0v) is 13.8. The van der Waals surface area contributed by atoms with Gasteiger partial charge in [-0.15, -0.1) is 0 Å². The van der Waals surface area contributed by atoms with Crippen LogP contribution in [-0.4, -0.2) is 59.8 Å². The first-order chi connectivity index (χ1) is 11.0. The minimum atomic E-state index is -0.0434. The summed E-state index contributed by atoms with van der Waals surface area (Å²) in [6.45, 7) is 2.82. The fraction of sp³-hybridized carbons (Fsp3) is 0.444. The van der Waals surface area contributed by atoms with E-state index in [1.165, 1.54) is 0 Å². The molecule has 0 N–H and O–H groups in total. The van der Waals surface area contributed by atoms with Gasteiger partial charge in [0.25, 0.3) is 5.91 Å². The number of nitrogens with zero attached hydrogens (tertiary/aromatic N) is 3. The van der Waals surface area contributed by atoms with Crippen molar-refractivity contribution < 1.29 is 9.59 Å². The molecule has 0 radical (unpaired) electrons. The lowest BCUT2D eigenvalue weighted by atomic mass is 10.1. The topological polar surface area (TPSA) is 45.6 Å². The number of rotatable bonds is 5. The summed E-state index contributed by atoms with van der Waals surface area (Å²) < 4.78 is 2.23. The number of carbonyl (C=O) groups excluding carboxylic acids is 2. The maximum Gasteiger partial charge on any atom is 0.254 e. The van der Waals surface area contributed by atoms with Crippen molar-refractivity contribution in [2.45, 2.75) is 19.4 Å². The Bertz CT molecular complexity index is 733. The van der Waals surface area contributed by atoms with Gasteiger partial charge in [-0.3, -0.25) is 9.59 Å². The van der Waals surface area contributed by atoms with Gasteiger partial charge < -0.3 is 14.4 Å². The summed E-state index contributed by atoms with van der Waals surface area (Å²) in [7, 11) is 4.16. The largest absolute Gasteiger partial charge is 0.347 e. The summed E-state index contributed by atoms with van der Waals surface area (Å²) >= 11 is 0. The molecule has 0 spiro atoms. The molecule has 0 bridgehead atoms. The molecule has 1 aliphatic heterocycles. The predicted octanol–water partition coefficient (Wildman–Crippen LogP) is 2.01. The minimum Gasteiger partial charge on any atom is -0.347 e. The summed E-state index contributed by atoms with van der Waals surface area (Å²) in [5.74, 6) is 0.101. The summed E-state index contributed by atoms with van der Waals surface area (Å²) in [6, 6.07) is 7.87. The first-order valence-corrected chi connectivity index (χ1v) is 8.09. The van der Waals surface area contributed by atoms with Crippen molar-refractivity contribution in [2.75, 3.05) is 33.7 Å². The molecule has 0 unspecified atom stereocenters. The second-order valence-electron chi connectivity index (χ2n) is 6.45. The second kappa shape index (κ2) is 6.54. The molecule has 0 aliphatic carbocycles. The summed E-state index contributed by atoms with van der Waals surface area (Å²) in [5.41, 5.74) is 1.82. The highest BCUT2D eigenvalue weighted by atomic mass is 16.2. The Kier molecular flexibility index (Phi) is 4.48. The molecule has 1 aromatic heterocycles. The second-order valence-corrected chi connectivity index (χ2v) is 6.45. The summed E-state index contributed by atoms with van der Waals surface area (Å²) in [4.78, 5) is 27.6. The Morgan fingerprint density at radius 3 is 2.78 bits per heavy atom. The summed E-state index contributed by atoms with van der Waals surface area (Å²) in [5, 5.41) is 1.08. The molecular formula is C18H23N3O2. The van der Waals surface area contributed by atoms with Crippen LogP contribution < -0.4 is 0 Å². The molecule has 2 aromatic rings. The molecule has 3 rings (SSSR count). The minimum absolute atomic E-state index is 0.0434. The number of carbonyl (C=O) groups is 2. The monoisotopic (exact) mass is 313 g/mol. The van der Waals surface area contributed by atoms with E-state index in [0.717, 1.165) is 30.4 Å². The molecule has 23 heavy (non-hydrogen) atoms. The molecule has 0 saturated carbocycles.